The number of tetrazole rings is 1. The van der Waals surface area contributed by atoms with E-state index in [1.54, 1.807) is 4.80 Å². The van der Waals surface area contributed by atoms with Gasteiger partial charge in [-0.25, -0.2) is 0 Å². The summed E-state index contributed by atoms with van der Waals surface area (Å²) in [4.78, 5) is 15.4. The number of esters is 1. The number of carbonyl (C=O) groups is 1. The Morgan fingerprint density at radius 3 is 2.41 bits per heavy atom. The van der Waals surface area contributed by atoms with Gasteiger partial charge in [-0.05, 0) is 83.2 Å². The van der Waals surface area contributed by atoms with Gasteiger partial charge in [-0.3, -0.25) is 4.79 Å². The highest BCUT2D eigenvalue weighted by atomic mass is 16.6. The van der Waals surface area contributed by atoms with E-state index in [0.29, 0.717) is 13.0 Å². The minimum Gasteiger partial charge on any atom is -0.461 e. The van der Waals surface area contributed by atoms with Crippen LogP contribution in [0.25, 0.3) is 0 Å². The number of fused-ring (bicyclic) bond motifs is 7. The van der Waals surface area contributed by atoms with Crippen molar-refractivity contribution in [2.24, 2.45) is 61.9 Å². The van der Waals surface area contributed by atoms with Gasteiger partial charge in [0.25, 0.3) is 5.95 Å². The summed E-state index contributed by atoms with van der Waals surface area (Å²) in [5.74, 6) is 0.668. The van der Waals surface area contributed by atoms with E-state index in [0.717, 1.165) is 32.1 Å². The number of cyclic esters (lactones) is 1. The SMILES string of the molecule is CC(C)[C@H]1OC(=O)[C@@H]2[C@]1(C)CC[C@]1(C)[C@H]3CC[C@H]4C(C)(C)[C@@H](OC[C@H](N)C(C)(C)C)[C@H](n5nnc(N)n5)C[C@]4(CO)C3=CC[C@@]21C. The first kappa shape index (κ1) is 33.8. The highest BCUT2D eigenvalue weighted by Gasteiger charge is 2.73. The maximum atomic E-state index is 13.8. The molecule has 0 bridgehead atoms. The lowest BCUT2D eigenvalue weighted by Crippen LogP contribution is -2.65. The summed E-state index contributed by atoms with van der Waals surface area (Å²) in [6.07, 6.45) is 7.54. The van der Waals surface area contributed by atoms with Gasteiger partial charge in [0, 0.05) is 16.9 Å². The molecule has 0 spiro atoms. The van der Waals surface area contributed by atoms with Crippen LogP contribution in [0.2, 0.25) is 0 Å². The number of ether oxygens (including phenoxy) is 2. The van der Waals surface area contributed by atoms with Gasteiger partial charge in [0.2, 0.25) is 0 Å². The minimum atomic E-state index is -0.493. The van der Waals surface area contributed by atoms with Crippen molar-refractivity contribution in [1.82, 2.24) is 20.2 Å². The Bertz CT molecular complexity index is 1380. The number of aromatic nitrogens is 4. The summed E-state index contributed by atoms with van der Waals surface area (Å²) < 4.78 is 13.0. The zero-order valence-corrected chi connectivity index (χ0v) is 30.0. The van der Waals surface area contributed by atoms with Crippen LogP contribution in [-0.4, -0.2) is 62.7 Å². The van der Waals surface area contributed by atoms with Crippen molar-refractivity contribution in [3.05, 3.63) is 11.6 Å². The standard InChI is InChI=1S/C36H60N6O4/c1-20(2)27-33(8)15-16-34(9)21-11-12-24-32(6,7)28(45-18-25(37)31(3,4)5)23(42-40-30(38)39-41-42)17-36(24,19-43)22(21)13-14-35(34,10)26(33)29(44)46-27/h13,20-21,23-28,43H,11-12,14-19,37H2,1-10H3,(H2,38,40)/t21-,23+,24-,25-,26+,27+,28-,33-,34+,35-,36-/m0/s1. The number of rotatable bonds is 6. The average Bonchev–Trinajstić information content (AvgIpc) is 3.52. The first-order valence-corrected chi connectivity index (χ1v) is 17.7. The molecule has 4 fully saturated rings. The fourth-order valence-electron chi connectivity index (χ4n) is 11.8. The van der Waals surface area contributed by atoms with Crippen molar-refractivity contribution in [3.63, 3.8) is 0 Å². The Morgan fingerprint density at radius 2 is 1.83 bits per heavy atom. The van der Waals surface area contributed by atoms with Gasteiger partial charge in [0.1, 0.15) is 12.1 Å². The van der Waals surface area contributed by atoms with Crippen molar-refractivity contribution in [2.45, 2.75) is 132 Å². The zero-order chi connectivity index (χ0) is 33.8. The van der Waals surface area contributed by atoms with Crippen LogP contribution in [0.1, 0.15) is 114 Å². The maximum absolute atomic E-state index is 13.8. The number of carbonyl (C=O) groups excluding carboxylic acids is 1. The smallest absolute Gasteiger partial charge is 0.310 e. The number of anilines is 1. The summed E-state index contributed by atoms with van der Waals surface area (Å²) in [6, 6.07) is -0.436. The summed E-state index contributed by atoms with van der Waals surface area (Å²) in [6.45, 7) is 22.9. The van der Waals surface area contributed by atoms with E-state index in [4.69, 9.17) is 20.9 Å². The van der Waals surface area contributed by atoms with E-state index in [-0.39, 0.29) is 93.6 Å². The molecule has 5 N–H and O–H groups in total. The van der Waals surface area contributed by atoms with Gasteiger partial charge < -0.3 is 26.0 Å². The van der Waals surface area contributed by atoms with Gasteiger partial charge in [-0.2, -0.15) is 4.80 Å². The van der Waals surface area contributed by atoms with Crippen LogP contribution >= 0.6 is 0 Å². The number of hydrogen-bond donors (Lipinski definition) is 3. The van der Waals surface area contributed by atoms with Crippen molar-refractivity contribution in [3.8, 4) is 0 Å². The lowest BCUT2D eigenvalue weighted by Gasteiger charge is -2.68. The van der Waals surface area contributed by atoms with Crippen LogP contribution in [0.5, 0.6) is 0 Å². The monoisotopic (exact) mass is 640 g/mol. The third-order valence-corrected chi connectivity index (χ3v) is 14.5. The van der Waals surface area contributed by atoms with E-state index < -0.39 is 5.41 Å². The second kappa shape index (κ2) is 10.7. The lowest BCUT2D eigenvalue weighted by molar-refractivity contribution is -0.195. The molecule has 3 saturated carbocycles. The van der Waals surface area contributed by atoms with E-state index in [1.807, 2.05) is 0 Å². The number of aliphatic hydroxyl groups excluding tert-OH is 1. The van der Waals surface area contributed by atoms with Crippen LogP contribution in [0.15, 0.2) is 11.6 Å². The van der Waals surface area contributed by atoms with Gasteiger partial charge in [0.15, 0.2) is 0 Å². The number of nitrogens with two attached hydrogens (primary N) is 2. The molecule has 0 aromatic carbocycles. The quantitative estimate of drug-likeness (QED) is 0.277. The Balaban J connectivity index is 1.42. The maximum Gasteiger partial charge on any atom is 0.310 e. The molecule has 0 radical (unpaired) electrons. The van der Waals surface area contributed by atoms with Crippen LogP contribution < -0.4 is 11.5 Å². The molecule has 11 atom stereocenters. The molecule has 1 aromatic heterocycles. The molecule has 6 rings (SSSR count). The number of nitrogens with zero attached hydrogens (tertiary/aromatic N) is 4. The molecule has 1 aromatic rings. The largest absolute Gasteiger partial charge is 0.461 e. The second-order valence-corrected chi connectivity index (χ2v) is 18.5. The molecular formula is C36H60N6O4. The van der Waals surface area contributed by atoms with E-state index in [2.05, 4.69) is 90.7 Å². The molecule has 1 saturated heterocycles. The fraction of sp³-hybridized carbons (Fsp3) is 0.889. The number of allylic oxidation sites excluding steroid dienone is 1. The van der Waals surface area contributed by atoms with Gasteiger partial charge in [0.05, 0.1) is 25.2 Å². The van der Waals surface area contributed by atoms with Crippen LogP contribution in [0.4, 0.5) is 5.95 Å². The molecule has 258 valence electrons. The Labute approximate surface area is 275 Å². The average molecular weight is 641 g/mol. The highest BCUT2D eigenvalue weighted by molar-refractivity contribution is 5.78. The lowest BCUT2D eigenvalue weighted by atomic mass is 9.35. The highest BCUT2D eigenvalue weighted by Crippen LogP contribution is 2.75. The van der Waals surface area contributed by atoms with Crippen LogP contribution in [0.3, 0.4) is 0 Å². The van der Waals surface area contributed by atoms with Gasteiger partial charge in [-0.15, -0.1) is 5.10 Å². The Kier molecular flexibility index (Phi) is 7.89. The van der Waals surface area contributed by atoms with Crippen LogP contribution in [-0.2, 0) is 14.3 Å². The molecule has 0 amide bonds. The first-order chi connectivity index (χ1) is 21.3. The molecule has 1 aliphatic heterocycles. The molecule has 46 heavy (non-hydrogen) atoms. The summed E-state index contributed by atoms with van der Waals surface area (Å²) in [7, 11) is 0. The van der Waals surface area contributed by atoms with E-state index >= 15 is 0 Å². The third-order valence-electron chi connectivity index (χ3n) is 14.5. The van der Waals surface area contributed by atoms with Crippen molar-refractivity contribution in [2.75, 3.05) is 18.9 Å². The molecular weight excluding hydrogens is 580 g/mol. The van der Waals surface area contributed by atoms with E-state index in [9.17, 15) is 9.90 Å². The zero-order valence-electron chi connectivity index (χ0n) is 30.0. The summed E-state index contributed by atoms with van der Waals surface area (Å²) >= 11 is 0. The predicted molar refractivity (Wildman–Crippen MR) is 177 cm³/mol. The number of hydrogen-bond acceptors (Lipinski definition) is 9. The normalized spacial score (nSPS) is 44.0. The van der Waals surface area contributed by atoms with Gasteiger partial charge in [-0.1, -0.05) is 86.0 Å². The summed E-state index contributed by atoms with van der Waals surface area (Å²) in [5.41, 5.74) is 12.5. The molecule has 4 aliphatic carbocycles. The van der Waals surface area contributed by atoms with Gasteiger partial charge >= 0.3 is 5.97 Å². The first-order valence-electron chi connectivity index (χ1n) is 17.7. The molecule has 0 unspecified atom stereocenters. The van der Waals surface area contributed by atoms with E-state index in [1.165, 1.54) is 5.57 Å². The third kappa shape index (κ3) is 4.51. The molecule has 10 heteroatoms. The number of aliphatic hydroxyl groups is 1. The summed E-state index contributed by atoms with van der Waals surface area (Å²) in [5, 5.41) is 24.6. The molecule has 2 heterocycles. The van der Waals surface area contributed by atoms with Crippen molar-refractivity contribution < 1.29 is 19.4 Å². The predicted octanol–water partition coefficient (Wildman–Crippen LogP) is 5.33. The number of nitrogen functional groups attached to an aromatic ring is 1. The molecule has 5 aliphatic rings. The fourth-order valence-corrected chi connectivity index (χ4v) is 11.8. The van der Waals surface area contributed by atoms with Crippen LogP contribution in [0, 0.1) is 56.2 Å². The van der Waals surface area contributed by atoms with Crippen molar-refractivity contribution in [1.29, 1.82) is 0 Å². The molecule has 10 nitrogen and oxygen atoms in total. The topological polar surface area (TPSA) is 151 Å². The minimum absolute atomic E-state index is 0.0146. The second-order valence-electron chi connectivity index (χ2n) is 18.5. The Hall–Kier alpha value is -2.04. The van der Waals surface area contributed by atoms with Crippen molar-refractivity contribution >= 4 is 11.9 Å². The Morgan fingerprint density at radius 1 is 1.13 bits per heavy atom.